The number of hydrogen-bond donors (Lipinski definition) is 1. The fourth-order valence-corrected chi connectivity index (χ4v) is 1.89. The third kappa shape index (κ3) is 6.01. The first-order chi connectivity index (χ1) is 10.1. The molecule has 1 N–H and O–H groups in total. The van der Waals surface area contributed by atoms with Crippen molar-refractivity contribution in [2.45, 2.75) is 45.9 Å². The van der Waals surface area contributed by atoms with Crippen molar-refractivity contribution in [3.63, 3.8) is 0 Å². The topological polar surface area (TPSA) is 30.5 Å². The van der Waals surface area contributed by atoms with E-state index in [0.717, 1.165) is 12.0 Å². The summed E-state index contributed by atoms with van der Waals surface area (Å²) >= 11 is 0. The Kier molecular flexibility index (Phi) is 7.55. The van der Waals surface area contributed by atoms with Gasteiger partial charge in [0.25, 0.3) is 0 Å². The maximum atomic E-state index is 12.3. The molecule has 0 aliphatic heterocycles. The molecular formula is C16H21F2NO2. The van der Waals surface area contributed by atoms with Gasteiger partial charge in [-0.25, -0.2) is 0 Å². The second kappa shape index (κ2) is 9.19. The van der Waals surface area contributed by atoms with Crippen LogP contribution in [0.15, 0.2) is 18.2 Å². The van der Waals surface area contributed by atoms with Crippen LogP contribution in [0.2, 0.25) is 0 Å². The smallest absolute Gasteiger partial charge is 0.387 e. The Balaban J connectivity index is 2.75. The minimum atomic E-state index is -2.87. The quantitative estimate of drug-likeness (QED) is 0.707. The standard InChI is InChI=1S/C16H21F2NO2/c1-4-7-13(5-2)19-11-12-8-9-14(21-16(17)18)15(10-12)20-6-3/h1,8-10,13,16,19H,5-7,11H2,2-3H3. The molecule has 0 amide bonds. The van der Waals surface area contributed by atoms with Crippen molar-refractivity contribution in [3.05, 3.63) is 23.8 Å². The maximum absolute atomic E-state index is 12.3. The van der Waals surface area contributed by atoms with E-state index in [-0.39, 0.29) is 11.8 Å². The van der Waals surface area contributed by atoms with E-state index in [1.807, 2.05) is 0 Å². The van der Waals surface area contributed by atoms with Gasteiger partial charge in [0.05, 0.1) is 6.61 Å². The molecule has 1 aromatic rings. The van der Waals surface area contributed by atoms with Crippen LogP contribution in [0.25, 0.3) is 0 Å². The van der Waals surface area contributed by atoms with E-state index in [0.29, 0.717) is 25.3 Å². The van der Waals surface area contributed by atoms with Gasteiger partial charge in [0.1, 0.15) is 0 Å². The number of nitrogens with one attached hydrogen (secondary N) is 1. The molecule has 0 spiro atoms. The average Bonchev–Trinajstić information content (AvgIpc) is 2.45. The number of alkyl halides is 2. The molecule has 3 nitrogen and oxygen atoms in total. The Hall–Kier alpha value is -1.80. The first-order valence-corrected chi connectivity index (χ1v) is 6.98. The average molecular weight is 297 g/mol. The van der Waals surface area contributed by atoms with Crippen LogP contribution in [0.5, 0.6) is 11.5 Å². The number of terminal acetylenes is 1. The van der Waals surface area contributed by atoms with Crippen LogP contribution in [-0.4, -0.2) is 19.3 Å². The molecule has 0 aromatic heterocycles. The van der Waals surface area contributed by atoms with E-state index in [1.165, 1.54) is 6.07 Å². The molecule has 21 heavy (non-hydrogen) atoms. The molecule has 1 aromatic carbocycles. The predicted molar refractivity (Wildman–Crippen MR) is 78.6 cm³/mol. The van der Waals surface area contributed by atoms with Crippen LogP contribution in [0.3, 0.4) is 0 Å². The summed E-state index contributed by atoms with van der Waals surface area (Å²) in [6, 6.07) is 5.17. The lowest BCUT2D eigenvalue weighted by Gasteiger charge is -2.16. The zero-order chi connectivity index (χ0) is 15.7. The molecule has 1 unspecified atom stereocenters. The van der Waals surface area contributed by atoms with E-state index in [9.17, 15) is 8.78 Å². The number of hydrogen-bond acceptors (Lipinski definition) is 3. The number of halogens is 2. The van der Waals surface area contributed by atoms with Gasteiger partial charge in [0.15, 0.2) is 11.5 Å². The van der Waals surface area contributed by atoms with Gasteiger partial charge >= 0.3 is 6.61 Å². The summed E-state index contributed by atoms with van der Waals surface area (Å²) in [4.78, 5) is 0. The summed E-state index contributed by atoms with van der Waals surface area (Å²) in [6.45, 7) is 1.95. The van der Waals surface area contributed by atoms with E-state index >= 15 is 0 Å². The van der Waals surface area contributed by atoms with Gasteiger partial charge in [-0.05, 0) is 31.0 Å². The predicted octanol–water partition coefficient (Wildman–Crippen LogP) is 3.58. The van der Waals surface area contributed by atoms with Crippen LogP contribution >= 0.6 is 0 Å². The molecule has 0 fully saturated rings. The molecule has 0 saturated carbocycles. The van der Waals surface area contributed by atoms with E-state index in [2.05, 4.69) is 22.9 Å². The highest BCUT2D eigenvalue weighted by Crippen LogP contribution is 2.29. The maximum Gasteiger partial charge on any atom is 0.387 e. The van der Waals surface area contributed by atoms with Crippen LogP contribution < -0.4 is 14.8 Å². The second-order valence-electron chi connectivity index (χ2n) is 4.49. The molecule has 0 heterocycles. The molecule has 0 aliphatic carbocycles. The second-order valence-corrected chi connectivity index (χ2v) is 4.49. The minimum Gasteiger partial charge on any atom is -0.490 e. The fraction of sp³-hybridized carbons (Fsp3) is 0.500. The van der Waals surface area contributed by atoms with Crippen molar-refractivity contribution in [1.82, 2.24) is 5.32 Å². The van der Waals surface area contributed by atoms with Crippen molar-refractivity contribution in [2.75, 3.05) is 6.61 Å². The largest absolute Gasteiger partial charge is 0.490 e. The van der Waals surface area contributed by atoms with Gasteiger partial charge in [-0.3, -0.25) is 0 Å². The van der Waals surface area contributed by atoms with E-state index in [1.54, 1.807) is 19.1 Å². The van der Waals surface area contributed by atoms with Crippen molar-refractivity contribution in [2.24, 2.45) is 0 Å². The highest BCUT2D eigenvalue weighted by molar-refractivity contribution is 5.43. The summed E-state index contributed by atoms with van der Waals surface area (Å²) in [5.74, 6) is 3.00. The monoisotopic (exact) mass is 297 g/mol. The third-order valence-corrected chi connectivity index (χ3v) is 2.98. The Labute approximate surface area is 124 Å². The van der Waals surface area contributed by atoms with Gasteiger partial charge in [0.2, 0.25) is 0 Å². The van der Waals surface area contributed by atoms with Crippen molar-refractivity contribution in [3.8, 4) is 23.8 Å². The number of ether oxygens (including phenoxy) is 2. The molecular weight excluding hydrogens is 276 g/mol. The molecule has 0 bridgehead atoms. The summed E-state index contributed by atoms with van der Waals surface area (Å²) in [5.41, 5.74) is 0.926. The minimum absolute atomic E-state index is 0.0475. The Bertz CT molecular complexity index is 472. The highest BCUT2D eigenvalue weighted by Gasteiger charge is 2.12. The lowest BCUT2D eigenvalue weighted by Crippen LogP contribution is -2.27. The number of benzene rings is 1. The highest BCUT2D eigenvalue weighted by atomic mass is 19.3. The lowest BCUT2D eigenvalue weighted by molar-refractivity contribution is -0.0514. The lowest BCUT2D eigenvalue weighted by atomic mass is 10.1. The van der Waals surface area contributed by atoms with Gasteiger partial charge < -0.3 is 14.8 Å². The first-order valence-electron chi connectivity index (χ1n) is 6.98. The number of rotatable bonds is 9. The molecule has 0 saturated heterocycles. The molecule has 116 valence electrons. The van der Waals surface area contributed by atoms with Crippen molar-refractivity contribution >= 4 is 0 Å². The van der Waals surface area contributed by atoms with Gasteiger partial charge in [-0.1, -0.05) is 13.0 Å². The molecule has 5 heteroatoms. The van der Waals surface area contributed by atoms with Crippen LogP contribution in [0.4, 0.5) is 8.78 Å². The first kappa shape index (κ1) is 17.3. The summed E-state index contributed by atoms with van der Waals surface area (Å²) in [6.07, 6.45) is 6.89. The fourth-order valence-electron chi connectivity index (χ4n) is 1.89. The van der Waals surface area contributed by atoms with E-state index < -0.39 is 6.61 Å². The van der Waals surface area contributed by atoms with E-state index in [4.69, 9.17) is 11.2 Å². The third-order valence-electron chi connectivity index (χ3n) is 2.98. The summed E-state index contributed by atoms with van der Waals surface area (Å²) in [7, 11) is 0. The zero-order valence-electron chi connectivity index (χ0n) is 12.4. The summed E-state index contributed by atoms with van der Waals surface area (Å²) < 4.78 is 34.4. The van der Waals surface area contributed by atoms with Crippen molar-refractivity contribution in [1.29, 1.82) is 0 Å². The molecule has 1 atom stereocenters. The normalized spacial score (nSPS) is 12.0. The zero-order valence-corrected chi connectivity index (χ0v) is 12.4. The van der Waals surface area contributed by atoms with Crippen molar-refractivity contribution < 1.29 is 18.3 Å². The Morgan fingerprint density at radius 1 is 1.29 bits per heavy atom. The van der Waals surface area contributed by atoms with Gasteiger partial charge in [-0.15, -0.1) is 12.3 Å². The van der Waals surface area contributed by atoms with Gasteiger partial charge in [-0.2, -0.15) is 8.78 Å². The SMILES string of the molecule is C#CCC(CC)NCc1ccc(OC(F)F)c(OCC)c1. The van der Waals surface area contributed by atoms with Crippen LogP contribution in [-0.2, 0) is 6.54 Å². The molecule has 1 rings (SSSR count). The van der Waals surface area contributed by atoms with Crippen LogP contribution in [0, 0.1) is 12.3 Å². The molecule has 0 aliphatic rings. The Morgan fingerprint density at radius 2 is 2.05 bits per heavy atom. The molecule has 0 radical (unpaired) electrons. The van der Waals surface area contributed by atoms with Gasteiger partial charge in [0, 0.05) is 19.0 Å². The Morgan fingerprint density at radius 3 is 2.62 bits per heavy atom. The van der Waals surface area contributed by atoms with Crippen LogP contribution in [0.1, 0.15) is 32.3 Å². The summed E-state index contributed by atoms with van der Waals surface area (Å²) in [5, 5.41) is 3.33.